The maximum absolute atomic E-state index is 12.6. The van der Waals surface area contributed by atoms with Crippen LogP contribution in [0.25, 0.3) is 0 Å². The molecule has 2 aromatic carbocycles. The highest BCUT2D eigenvalue weighted by molar-refractivity contribution is 6.30. The predicted molar refractivity (Wildman–Crippen MR) is 87.8 cm³/mol. The minimum absolute atomic E-state index is 0.262. The van der Waals surface area contributed by atoms with Gasteiger partial charge in [-0.3, -0.25) is 14.4 Å². The van der Waals surface area contributed by atoms with Crippen LogP contribution in [-0.4, -0.2) is 31.0 Å². The van der Waals surface area contributed by atoms with Crippen LogP contribution in [0.3, 0.4) is 0 Å². The summed E-state index contributed by atoms with van der Waals surface area (Å²) >= 11 is 0. The van der Waals surface area contributed by atoms with Gasteiger partial charge < -0.3 is 4.74 Å². The highest BCUT2D eigenvalue weighted by Gasteiger charge is 2.44. The number of carbonyl (C=O) groups excluding carboxylic acids is 3. The Kier molecular flexibility index (Phi) is 4.20. The SMILES string of the molecule is COC(=O)C1C(=O)c2ccccc2N(/N=C/c2ccccc2)C1=O. The van der Waals surface area contributed by atoms with Gasteiger partial charge in [0.05, 0.1) is 19.0 Å². The molecule has 1 unspecified atom stereocenters. The summed E-state index contributed by atoms with van der Waals surface area (Å²) in [4.78, 5) is 36.9. The molecule has 0 N–H and O–H groups in total. The highest BCUT2D eigenvalue weighted by Crippen LogP contribution is 2.31. The van der Waals surface area contributed by atoms with E-state index in [4.69, 9.17) is 0 Å². The molecule has 0 spiro atoms. The number of nitrogens with zero attached hydrogens (tertiary/aromatic N) is 2. The molecule has 0 fully saturated rings. The van der Waals surface area contributed by atoms with Gasteiger partial charge in [-0.05, 0) is 17.7 Å². The Labute approximate surface area is 138 Å². The number of esters is 1. The molecule has 1 heterocycles. The van der Waals surface area contributed by atoms with Crippen molar-refractivity contribution in [1.82, 2.24) is 0 Å². The van der Waals surface area contributed by atoms with Crippen LogP contribution in [0.2, 0.25) is 0 Å². The second kappa shape index (κ2) is 6.45. The Morgan fingerprint density at radius 2 is 1.75 bits per heavy atom. The second-order valence-corrected chi connectivity index (χ2v) is 5.14. The van der Waals surface area contributed by atoms with E-state index in [1.165, 1.54) is 6.21 Å². The van der Waals surface area contributed by atoms with E-state index in [1.807, 2.05) is 30.3 Å². The molecule has 1 atom stereocenters. The molecule has 0 aliphatic carbocycles. The van der Waals surface area contributed by atoms with E-state index < -0.39 is 23.6 Å². The summed E-state index contributed by atoms with van der Waals surface area (Å²) in [6, 6.07) is 15.7. The van der Waals surface area contributed by atoms with E-state index in [2.05, 4.69) is 9.84 Å². The van der Waals surface area contributed by atoms with Gasteiger partial charge in [-0.2, -0.15) is 10.1 Å². The van der Waals surface area contributed by atoms with Crippen molar-refractivity contribution in [2.24, 2.45) is 11.0 Å². The summed E-state index contributed by atoms with van der Waals surface area (Å²) in [5.41, 5.74) is 1.40. The molecule has 0 aromatic heterocycles. The van der Waals surface area contributed by atoms with Crippen LogP contribution in [0.15, 0.2) is 59.7 Å². The van der Waals surface area contributed by atoms with Crippen molar-refractivity contribution in [3.05, 3.63) is 65.7 Å². The monoisotopic (exact) mass is 322 g/mol. The summed E-state index contributed by atoms with van der Waals surface area (Å²) in [6.45, 7) is 0. The smallest absolute Gasteiger partial charge is 0.326 e. The molecule has 0 radical (unpaired) electrons. The number of fused-ring (bicyclic) bond motifs is 1. The van der Waals surface area contributed by atoms with E-state index in [0.29, 0.717) is 5.69 Å². The summed E-state index contributed by atoms with van der Waals surface area (Å²) in [5, 5.41) is 5.25. The number of hydrogen-bond acceptors (Lipinski definition) is 5. The van der Waals surface area contributed by atoms with E-state index in [-0.39, 0.29) is 5.56 Å². The third-order valence-corrected chi connectivity index (χ3v) is 3.67. The Morgan fingerprint density at radius 3 is 2.46 bits per heavy atom. The van der Waals surface area contributed by atoms with E-state index in [9.17, 15) is 14.4 Å². The van der Waals surface area contributed by atoms with Gasteiger partial charge in [0, 0.05) is 5.56 Å². The second-order valence-electron chi connectivity index (χ2n) is 5.14. The third kappa shape index (κ3) is 2.69. The number of ether oxygens (including phenoxy) is 1. The fourth-order valence-corrected chi connectivity index (χ4v) is 2.48. The molecule has 3 rings (SSSR count). The largest absolute Gasteiger partial charge is 0.468 e. The van der Waals surface area contributed by atoms with Gasteiger partial charge >= 0.3 is 5.97 Å². The number of carbonyl (C=O) groups is 3. The minimum Gasteiger partial charge on any atom is -0.468 e. The average molecular weight is 322 g/mol. The van der Waals surface area contributed by atoms with Crippen molar-refractivity contribution < 1.29 is 19.1 Å². The topological polar surface area (TPSA) is 76.0 Å². The number of benzene rings is 2. The zero-order chi connectivity index (χ0) is 17.1. The predicted octanol–water partition coefficient (Wildman–Crippen LogP) is 2.04. The Balaban J connectivity index is 2.05. The van der Waals surface area contributed by atoms with E-state index in [1.54, 1.807) is 24.3 Å². The third-order valence-electron chi connectivity index (χ3n) is 3.67. The van der Waals surface area contributed by atoms with Crippen molar-refractivity contribution in [2.75, 3.05) is 12.1 Å². The lowest BCUT2D eigenvalue weighted by Crippen LogP contribution is -2.46. The average Bonchev–Trinajstić information content (AvgIpc) is 2.62. The molecule has 120 valence electrons. The molecular formula is C18H14N2O4. The zero-order valence-electron chi connectivity index (χ0n) is 12.9. The molecule has 6 heteroatoms. The molecule has 1 amide bonds. The number of hydrazone groups is 1. The van der Waals surface area contributed by atoms with Crippen LogP contribution in [0, 0.1) is 5.92 Å². The molecule has 0 saturated carbocycles. The number of amides is 1. The van der Waals surface area contributed by atoms with Crippen LogP contribution < -0.4 is 5.01 Å². The molecule has 0 saturated heterocycles. The van der Waals surface area contributed by atoms with Crippen LogP contribution in [-0.2, 0) is 14.3 Å². The lowest BCUT2D eigenvalue weighted by molar-refractivity contribution is -0.147. The molecule has 6 nitrogen and oxygen atoms in total. The summed E-state index contributed by atoms with van der Waals surface area (Å²) in [7, 11) is 1.14. The summed E-state index contributed by atoms with van der Waals surface area (Å²) in [6.07, 6.45) is 1.50. The van der Waals surface area contributed by atoms with Crippen molar-refractivity contribution in [2.45, 2.75) is 0 Å². The van der Waals surface area contributed by atoms with E-state index in [0.717, 1.165) is 17.7 Å². The lowest BCUT2D eigenvalue weighted by Gasteiger charge is -2.28. The fourth-order valence-electron chi connectivity index (χ4n) is 2.48. The Hall–Kier alpha value is -3.28. The first-order valence-electron chi connectivity index (χ1n) is 7.27. The zero-order valence-corrected chi connectivity index (χ0v) is 12.9. The molecule has 1 aliphatic heterocycles. The van der Waals surface area contributed by atoms with Crippen molar-refractivity contribution in [1.29, 1.82) is 0 Å². The highest BCUT2D eigenvalue weighted by atomic mass is 16.5. The number of methoxy groups -OCH3 is 1. The quantitative estimate of drug-likeness (QED) is 0.492. The van der Waals surface area contributed by atoms with Gasteiger partial charge in [-0.25, -0.2) is 0 Å². The lowest BCUT2D eigenvalue weighted by atomic mass is 9.91. The normalized spacial score (nSPS) is 17.0. The maximum Gasteiger partial charge on any atom is 0.326 e. The van der Waals surface area contributed by atoms with Crippen LogP contribution in [0.5, 0.6) is 0 Å². The first-order chi connectivity index (χ1) is 11.6. The van der Waals surface area contributed by atoms with Gasteiger partial charge in [0.1, 0.15) is 0 Å². The van der Waals surface area contributed by atoms with Crippen LogP contribution in [0.1, 0.15) is 15.9 Å². The minimum atomic E-state index is -1.53. The number of Topliss-reactive ketones (excluding diaryl/α,β-unsaturated/α-hetero) is 1. The van der Waals surface area contributed by atoms with Gasteiger partial charge in [0.2, 0.25) is 5.92 Å². The molecular weight excluding hydrogens is 308 g/mol. The van der Waals surface area contributed by atoms with Gasteiger partial charge in [0.25, 0.3) is 5.91 Å². The number of hydrogen-bond donors (Lipinski definition) is 0. The van der Waals surface area contributed by atoms with Gasteiger partial charge in [-0.15, -0.1) is 0 Å². The van der Waals surface area contributed by atoms with Gasteiger partial charge in [0.15, 0.2) is 5.78 Å². The molecule has 0 bridgehead atoms. The number of anilines is 1. The van der Waals surface area contributed by atoms with Crippen molar-refractivity contribution >= 4 is 29.6 Å². The van der Waals surface area contributed by atoms with Crippen molar-refractivity contribution in [3.8, 4) is 0 Å². The van der Waals surface area contributed by atoms with E-state index >= 15 is 0 Å². The Morgan fingerprint density at radius 1 is 1.08 bits per heavy atom. The van der Waals surface area contributed by atoms with Crippen molar-refractivity contribution in [3.63, 3.8) is 0 Å². The van der Waals surface area contributed by atoms with Gasteiger partial charge in [-0.1, -0.05) is 42.5 Å². The van der Waals surface area contributed by atoms with Crippen LogP contribution >= 0.6 is 0 Å². The first kappa shape index (κ1) is 15.6. The molecule has 24 heavy (non-hydrogen) atoms. The molecule has 2 aromatic rings. The first-order valence-corrected chi connectivity index (χ1v) is 7.27. The number of para-hydroxylation sites is 1. The maximum atomic E-state index is 12.6. The Bertz CT molecular complexity index is 830. The fraction of sp³-hybridized carbons (Fsp3) is 0.111. The number of ketones is 1. The molecule has 1 aliphatic rings. The standard InChI is InChI=1S/C18H14N2O4/c1-24-18(23)15-16(21)13-9-5-6-10-14(13)20(17(15)22)19-11-12-7-3-2-4-8-12/h2-11,15H,1H3/b19-11+. The number of rotatable bonds is 3. The summed E-state index contributed by atoms with van der Waals surface area (Å²) < 4.78 is 4.60. The summed E-state index contributed by atoms with van der Waals surface area (Å²) in [5.74, 6) is -3.72. The van der Waals surface area contributed by atoms with Crippen LogP contribution in [0.4, 0.5) is 5.69 Å².